The minimum atomic E-state index is -4.09. The van der Waals surface area contributed by atoms with Crippen molar-refractivity contribution in [2.45, 2.75) is 11.4 Å². The smallest absolute Gasteiger partial charge is 0.339 e. The van der Waals surface area contributed by atoms with Crippen LogP contribution in [0.15, 0.2) is 87.1 Å². The number of carbonyl (C=O) groups is 2. The number of carbonyl (C=O) groups excluding carboxylic acids is 2. The van der Waals surface area contributed by atoms with Crippen LogP contribution in [0, 0.1) is 0 Å². The van der Waals surface area contributed by atoms with E-state index >= 15 is 0 Å². The van der Waals surface area contributed by atoms with Gasteiger partial charge in [0.15, 0.2) is 0 Å². The van der Waals surface area contributed by atoms with E-state index in [0.717, 1.165) is 22.2 Å². The second-order valence-electron chi connectivity index (χ2n) is 6.93. The first-order valence-electron chi connectivity index (χ1n) is 9.52. The van der Waals surface area contributed by atoms with Crippen molar-refractivity contribution in [1.82, 2.24) is 4.90 Å². The lowest BCUT2D eigenvalue weighted by Crippen LogP contribution is -2.27. The van der Waals surface area contributed by atoms with Crippen LogP contribution >= 0.6 is 39.3 Å². The minimum Gasteiger partial charge on any atom is -0.378 e. The Balaban J connectivity index is 1.62. The van der Waals surface area contributed by atoms with Crippen molar-refractivity contribution in [2.75, 3.05) is 0 Å². The topological polar surface area (TPSA) is 80.8 Å². The number of amides is 2. The summed E-state index contributed by atoms with van der Waals surface area (Å²) in [6.45, 7) is 0.101. The molecule has 1 saturated heterocycles. The van der Waals surface area contributed by atoms with Crippen molar-refractivity contribution in [3.05, 3.63) is 98.3 Å². The zero-order valence-electron chi connectivity index (χ0n) is 16.8. The van der Waals surface area contributed by atoms with Gasteiger partial charge in [0, 0.05) is 15.1 Å². The third kappa shape index (κ3) is 5.50. The molecule has 6 nitrogen and oxygen atoms in total. The lowest BCUT2D eigenvalue weighted by atomic mass is 10.2. The SMILES string of the molecule is O=C1S/C(=C\c2cc(Br)ccc2OS(=O)(=O)c2ccccc2)C(=O)N1Cc1ccc(Cl)cc1. The van der Waals surface area contributed by atoms with E-state index in [1.165, 1.54) is 24.3 Å². The van der Waals surface area contributed by atoms with Crippen LogP contribution in [0.2, 0.25) is 5.02 Å². The van der Waals surface area contributed by atoms with Gasteiger partial charge in [-0.1, -0.05) is 57.9 Å². The Morgan fingerprint density at radius 3 is 2.39 bits per heavy atom. The zero-order valence-corrected chi connectivity index (χ0v) is 20.7. The lowest BCUT2D eigenvalue weighted by molar-refractivity contribution is -0.123. The van der Waals surface area contributed by atoms with Crippen LogP contribution < -0.4 is 4.18 Å². The molecule has 0 bridgehead atoms. The fraction of sp³-hybridized carbons (Fsp3) is 0.0435. The second kappa shape index (κ2) is 9.72. The molecule has 168 valence electrons. The second-order valence-corrected chi connectivity index (χ2v) is 10.8. The predicted octanol–water partition coefficient (Wildman–Crippen LogP) is 6.11. The molecule has 1 aliphatic heterocycles. The highest BCUT2D eigenvalue weighted by atomic mass is 79.9. The minimum absolute atomic E-state index is 0.00200. The van der Waals surface area contributed by atoms with Gasteiger partial charge >= 0.3 is 10.1 Å². The largest absolute Gasteiger partial charge is 0.378 e. The number of imide groups is 1. The Bertz CT molecular complexity index is 1360. The standard InChI is InChI=1S/C23H15BrClNO5S2/c24-17-8-11-20(31-33(29,30)19-4-2-1-3-5-19)16(12-17)13-21-22(27)26(23(28)32-21)14-15-6-9-18(25)10-7-15/h1-13H,14H2/b21-13-. The van der Waals surface area contributed by atoms with Crippen LogP contribution in [0.4, 0.5) is 4.79 Å². The molecular weight excluding hydrogens is 550 g/mol. The van der Waals surface area contributed by atoms with E-state index in [-0.39, 0.29) is 22.1 Å². The Labute approximate surface area is 208 Å². The predicted molar refractivity (Wildman–Crippen MR) is 131 cm³/mol. The van der Waals surface area contributed by atoms with Crippen LogP contribution in [0.25, 0.3) is 6.08 Å². The molecule has 1 heterocycles. The fourth-order valence-electron chi connectivity index (χ4n) is 3.01. The first kappa shape index (κ1) is 23.6. The monoisotopic (exact) mass is 563 g/mol. The van der Waals surface area contributed by atoms with Crippen LogP contribution in [0.1, 0.15) is 11.1 Å². The lowest BCUT2D eigenvalue weighted by Gasteiger charge is -2.12. The van der Waals surface area contributed by atoms with Crippen LogP contribution in [0.3, 0.4) is 0 Å². The number of halogens is 2. The maximum absolute atomic E-state index is 12.9. The number of rotatable bonds is 6. The molecule has 0 radical (unpaired) electrons. The molecule has 0 aromatic heterocycles. The molecule has 3 aromatic rings. The third-order valence-electron chi connectivity index (χ3n) is 4.62. The van der Waals surface area contributed by atoms with Crippen LogP contribution in [-0.2, 0) is 21.5 Å². The van der Waals surface area contributed by atoms with Gasteiger partial charge in [-0.15, -0.1) is 0 Å². The Kier molecular flexibility index (Phi) is 6.94. The molecule has 33 heavy (non-hydrogen) atoms. The number of hydrogen-bond donors (Lipinski definition) is 0. The van der Waals surface area contributed by atoms with E-state index in [1.54, 1.807) is 54.6 Å². The molecule has 3 aromatic carbocycles. The fourth-order valence-corrected chi connectivity index (χ4v) is 5.32. The van der Waals surface area contributed by atoms with Gasteiger partial charge in [-0.2, -0.15) is 8.42 Å². The molecule has 0 atom stereocenters. The quantitative estimate of drug-likeness (QED) is 0.266. The molecule has 1 fully saturated rings. The molecule has 0 aliphatic carbocycles. The van der Waals surface area contributed by atoms with Crippen LogP contribution in [0.5, 0.6) is 5.75 Å². The molecule has 0 spiro atoms. The van der Waals surface area contributed by atoms with Crippen molar-refractivity contribution in [3.8, 4) is 5.75 Å². The van der Waals surface area contributed by atoms with E-state index in [4.69, 9.17) is 15.8 Å². The summed E-state index contributed by atoms with van der Waals surface area (Å²) in [5.74, 6) is -0.441. The molecule has 0 unspecified atom stereocenters. The first-order chi connectivity index (χ1) is 15.7. The summed E-state index contributed by atoms with van der Waals surface area (Å²) < 4.78 is 31.4. The summed E-state index contributed by atoms with van der Waals surface area (Å²) in [7, 11) is -4.09. The van der Waals surface area contributed by atoms with Gasteiger partial charge in [-0.05, 0) is 65.9 Å². The molecule has 1 aliphatic rings. The molecule has 0 saturated carbocycles. The van der Waals surface area contributed by atoms with E-state index < -0.39 is 21.3 Å². The Morgan fingerprint density at radius 1 is 1.00 bits per heavy atom. The van der Waals surface area contributed by atoms with E-state index in [0.29, 0.717) is 15.1 Å². The maximum Gasteiger partial charge on any atom is 0.339 e. The van der Waals surface area contributed by atoms with Crippen molar-refractivity contribution in [2.24, 2.45) is 0 Å². The van der Waals surface area contributed by atoms with Gasteiger partial charge in [-0.3, -0.25) is 14.5 Å². The number of benzene rings is 3. The van der Waals surface area contributed by atoms with E-state index in [1.807, 2.05) is 0 Å². The molecule has 0 N–H and O–H groups in total. The van der Waals surface area contributed by atoms with Gasteiger partial charge < -0.3 is 4.18 Å². The molecule has 2 amide bonds. The van der Waals surface area contributed by atoms with Crippen LogP contribution in [-0.4, -0.2) is 24.5 Å². The average molecular weight is 565 g/mol. The summed E-state index contributed by atoms with van der Waals surface area (Å²) in [5.41, 5.74) is 1.09. The normalized spacial score (nSPS) is 15.3. The highest BCUT2D eigenvalue weighted by Crippen LogP contribution is 2.36. The highest BCUT2D eigenvalue weighted by Gasteiger charge is 2.35. The molecule has 4 rings (SSSR count). The van der Waals surface area contributed by atoms with Crippen molar-refractivity contribution in [1.29, 1.82) is 0 Å². The summed E-state index contributed by atoms with van der Waals surface area (Å²) in [4.78, 5) is 26.7. The van der Waals surface area contributed by atoms with E-state index in [9.17, 15) is 18.0 Å². The Hall–Kier alpha value is -2.59. The summed E-state index contributed by atoms with van der Waals surface area (Å²) in [6.07, 6.45) is 1.45. The van der Waals surface area contributed by atoms with Crippen molar-refractivity contribution in [3.63, 3.8) is 0 Å². The third-order valence-corrected chi connectivity index (χ3v) is 7.52. The number of thioether (sulfide) groups is 1. The molecular formula is C23H15BrClNO5S2. The first-order valence-corrected chi connectivity index (χ1v) is 12.9. The van der Waals surface area contributed by atoms with Gasteiger partial charge in [0.1, 0.15) is 10.6 Å². The van der Waals surface area contributed by atoms with Gasteiger partial charge in [-0.25, -0.2) is 0 Å². The molecule has 10 heteroatoms. The van der Waals surface area contributed by atoms with Crippen molar-refractivity contribution >= 4 is 66.6 Å². The summed E-state index contributed by atoms with van der Waals surface area (Å²) in [6, 6.07) is 19.3. The van der Waals surface area contributed by atoms with Gasteiger partial charge in [0.05, 0.1) is 11.4 Å². The van der Waals surface area contributed by atoms with Crippen molar-refractivity contribution < 1.29 is 22.2 Å². The summed E-state index contributed by atoms with van der Waals surface area (Å²) >= 11 is 10.0. The van der Waals surface area contributed by atoms with Gasteiger partial charge in [0.2, 0.25) is 0 Å². The Morgan fingerprint density at radius 2 is 1.70 bits per heavy atom. The highest BCUT2D eigenvalue weighted by molar-refractivity contribution is 9.10. The number of hydrogen-bond acceptors (Lipinski definition) is 6. The van der Waals surface area contributed by atoms with Gasteiger partial charge in [0.25, 0.3) is 11.1 Å². The average Bonchev–Trinajstić information content (AvgIpc) is 3.05. The zero-order chi connectivity index (χ0) is 23.6. The van der Waals surface area contributed by atoms with E-state index in [2.05, 4.69) is 15.9 Å². The summed E-state index contributed by atoms with van der Waals surface area (Å²) in [5, 5.41) is 0.135. The number of nitrogens with zero attached hydrogens (tertiary/aromatic N) is 1. The maximum atomic E-state index is 12.9.